The molecular formula is C37H41ClF3N5O10S. The average molecular weight is 840 g/mol. The van der Waals surface area contributed by atoms with E-state index < -0.39 is 62.6 Å². The molecule has 3 aromatic carbocycles. The number of aliphatic hydroxyl groups excluding tert-OH is 1. The molecule has 6 rings (SSSR count). The third-order valence-corrected chi connectivity index (χ3v) is 12.4. The van der Waals surface area contributed by atoms with Crippen LogP contribution in [-0.4, -0.2) is 142 Å². The number of alkyl halides is 3. The Kier molecular flexibility index (Phi) is 11.6. The van der Waals surface area contributed by atoms with Gasteiger partial charge in [-0.1, -0.05) is 17.7 Å². The maximum atomic E-state index is 15.7. The van der Waals surface area contributed by atoms with Crippen molar-refractivity contribution < 1.29 is 60.4 Å². The molecule has 0 spiro atoms. The van der Waals surface area contributed by atoms with Crippen molar-refractivity contribution in [2.45, 2.75) is 41.8 Å². The van der Waals surface area contributed by atoms with Crippen LogP contribution >= 0.6 is 11.6 Å². The van der Waals surface area contributed by atoms with E-state index in [0.29, 0.717) is 49.0 Å². The van der Waals surface area contributed by atoms with Crippen molar-refractivity contribution in [1.29, 1.82) is 0 Å². The first-order valence-corrected chi connectivity index (χ1v) is 19.5. The highest BCUT2D eigenvalue weighted by Crippen LogP contribution is 2.55. The molecule has 308 valence electrons. The Hall–Kier alpha value is -4.82. The van der Waals surface area contributed by atoms with E-state index in [1.54, 1.807) is 18.2 Å². The van der Waals surface area contributed by atoms with E-state index in [1.165, 1.54) is 54.1 Å². The third kappa shape index (κ3) is 7.77. The van der Waals surface area contributed by atoms with Gasteiger partial charge in [-0.2, -0.15) is 0 Å². The minimum atomic E-state index is -5.34. The van der Waals surface area contributed by atoms with Crippen LogP contribution in [-0.2, 0) is 31.6 Å². The van der Waals surface area contributed by atoms with Crippen molar-refractivity contribution in [2.24, 2.45) is 0 Å². The SMILES string of the molecule is COc1ccc(S(=O)(=O)N2C(=O)C(c3cc(CCN4CCN(C(=O)O)CC4)ccc3OC)(N3CC(O)CC3C(=O)N(C)C)c3cc(Cl)ccc32)c(OC(F)(F)F)c1. The molecule has 3 amide bonds. The van der Waals surface area contributed by atoms with Crippen molar-refractivity contribution in [3.05, 3.63) is 76.3 Å². The van der Waals surface area contributed by atoms with Gasteiger partial charge in [0.2, 0.25) is 5.91 Å². The number of hydrogen-bond acceptors (Lipinski definition) is 11. The summed E-state index contributed by atoms with van der Waals surface area (Å²) in [6, 6.07) is 10.3. The second-order valence-electron chi connectivity index (χ2n) is 14.0. The van der Waals surface area contributed by atoms with Gasteiger partial charge >= 0.3 is 12.5 Å². The monoisotopic (exact) mass is 839 g/mol. The highest BCUT2D eigenvalue weighted by atomic mass is 35.5. The van der Waals surface area contributed by atoms with Crippen molar-refractivity contribution in [3.8, 4) is 17.2 Å². The first-order chi connectivity index (χ1) is 26.8. The van der Waals surface area contributed by atoms with E-state index in [1.807, 2.05) is 0 Å². The van der Waals surface area contributed by atoms with Crippen molar-refractivity contribution in [1.82, 2.24) is 19.6 Å². The number of likely N-dealkylation sites (tertiary alicyclic amines) is 1. The van der Waals surface area contributed by atoms with Gasteiger partial charge < -0.3 is 34.2 Å². The number of likely N-dealkylation sites (N-methyl/N-ethyl adjacent to an activating group) is 1. The van der Waals surface area contributed by atoms with E-state index in [0.717, 1.165) is 25.3 Å². The van der Waals surface area contributed by atoms with Gasteiger partial charge in [0.15, 0.2) is 11.3 Å². The summed E-state index contributed by atoms with van der Waals surface area (Å²) in [6.07, 6.45) is -7.30. The van der Waals surface area contributed by atoms with Crippen molar-refractivity contribution in [2.75, 3.05) is 71.9 Å². The molecule has 15 nitrogen and oxygen atoms in total. The molecule has 0 bridgehead atoms. The molecule has 3 unspecified atom stereocenters. The number of fused-ring (bicyclic) bond motifs is 1. The number of sulfonamides is 1. The number of methoxy groups -OCH3 is 2. The largest absolute Gasteiger partial charge is 0.573 e. The van der Waals surface area contributed by atoms with E-state index in [2.05, 4.69) is 9.64 Å². The summed E-state index contributed by atoms with van der Waals surface area (Å²) in [7, 11) is 0.166. The molecule has 3 heterocycles. The number of ether oxygens (including phenoxy) is 3. The number of hydrogen-bond donors (Lipinski definition) is 2. The smallest absolute Gasteiger partial charge is 0.497 e. The van der Waals surface area contributed by atoms with Gasteiger partial charge in [-0.05, 0) is 60.9 Å². The summed E-state index contributed by atoms with van der Waals surface area (Å²) in [4.78, 5) is 46.1. The maximum Gasteiger partial charge on any atom is 0.573 e. The molecule has 2 N–H and O–H groups in total. The van der Waals surface area contributed by atoms with Gasteiger partial charge in [0.05, 0.1) is 32.1 Å². The minimum Gasteiger partial charge on any atom is -0.497 e. The number of carbonyl (C=O) groups excluding carboxylic acids is 2. The van der Waals surface area contributed by atoms with Gasteiger partial charge in [-0.3, -0.25) is 19.4 Å². The standard InChI is InChI=1S/C37H41ClF3N5O10S/c1-42(2)33(48)29-19-24(47)21-45(29)36(27-17-22(5-9-30(27)55-4)11-12-43-13-15-44(16-14-43)35(50)51)26-18-23(38)6-8-28(26)46(34(36)49)57(52,53)32-10-7-25(54-3)20-31(32)56-37(39,40)41/h5-10,17-18,20,24,29,47H,11-16,19,21H2,1-4H3,(H,50,51). The lowest BCUT2D eigenvalue weighted by atomic mass is 9.80. The van der Waals surface area contributed by atoms with E-state index in [-0.39, 0.29) is 46.3 Å². The molecule has 0 radical (unpaired) electrons. The number of anilines is 1. The molecule has 0 aromatic heterocycles. The van der Waals surface area contributed by atoms with E-state index >= 15 is 4.79 Å². The normalized spacial score (nSPS) is 21.7. The van der Waals surface area contributed by atoms with Gasteiger partial charge in [-0.25, -0.2) is 17.5 Å². The zero-order chi connectivity index (χ0) is 41.6. The van der Waals surface area contributed by atoms with Gasteiger partial charge in [0.25, 0.3) is 15.9 Å². The summed E-state index contributed by atoms with van der Waals surface area (Å²) >= 11 is 6.59. The Bertz CT molecular complexity index is 2170. The molecule has 0 saturated carbocycles. The molecular weight excluding hydrogens is 799 g/mol. The zero-order valence-electron chi connectivity index (χ0n) is 31.3. The van der Waals surface area contributed by atoms with Crippen LogP contribution in [0.3, 0.4) is 0 Å². The fraction of sp³-hybridized carbons (Fsp3) is 0.432. The third-order valence-electron chi connectivity index (χ3n) is 10.4. The molecule has 57 heavy (non-hydrogen) atoms. The molecule has 3 aliphatic heterocycles. The topological polar surface area (TPSA) is 170 Å². The Labute approximate surface area is 331 Å². The Balaban J connectivity index is 1.57. The second kappa shape index (κ2) is 15.8. The number of rotatable bonds is 11. The number of carbonyl (C=O) groups is 3. The first-order valence-electron chi connectivity index (χ1n) is 17.7. The zero-order valence-corrected chi connectivity index (χ0v) is 32.9. The summed E-state index contributed by atoms with van der Waals surface area (Å²) in [6.45, 7) is 1.73. The Morgan fingerprint density at radius 3 is 2.28 bits per heavy atom. The van der Waals surface area contributed by atoms with Crippen LogP contribution in [0.5, 0.6) is 17.2 Å². The Morgan fingerprint density at radius 1 is 0.965 bits per heavy atom. The van der Waals surface area contributed by atoms with Crippen LogP contribution in [0.1, 0.15) is 23.1 Å². The maximum absolute atomic E-state index is 15.7. The van der Waals surface area contributed by atoms with Crippen LogP contribution in [0.25, 0.3) is 0 Å². The minimum absolute atomic E-state index is 0.0405. The highest BCUT2D eigenvalue weighted by molar-refractivity contribution is 7.93. The van der Waals surface area contributed by atoms with Crippen LogP contribution in [0, 0.1) is 0 Å². The summed E-state index contributed by atoms with van der Waals surface area (Å²) in [5, 5.41) is 20.6. The number of nitrogens with zero attached hydrogens (tertiary/aromatic N) is 5. The summed E-state index contributed by atoms with van der Waals surface area (Å²) in [5.74, 6) is -2.96. The number of carboxylic acid groups (broad SMARTS) is 1. The lowest BCUT2D eigenvalue weighted by Gasteiger charge is -2.42. The molecule has 0 aliphatic carbocycles. The molecule has 3 atom stereocenters. The molecule has 3 aliphatic rings. The molecule has 2 saturated heterocycles. The number of piperazine rings is 1. The van der Waals surface area contributed by atoms with Crippen LogP contribution < -0.4 is 18.5 Å². The number of amides is 3. The van der Waals surface area contributed by atoms with E-state index in [4.69, 9.17) is 21.1 Å². The predicted molar refractivity (Wildman–Crippen MR) is 199 cm³/mol. The number of β-amino-alcohol motifs (C(OH)–C–C–N with tert-alkyl or cyclic N) is 1. The number of aliphatic hydroxyl groups is 1. The summed E-state index contributed by atoms with van der Waals surface area (Å²) < 4.78 is 86.3. The van der Waals surface area contributed by atoms with Gasteiger partial charge in [0.1, 0.15) is 16.4 Å². The molecule has 20 heteroatoms. The fourth-order valence-electron chi connectivity index (χ4n) is 7.77. The first kappa shape index (κ1) is 41.8. The van der Waals surface area contributed by atoms with Crippen LogP contribution in [0.15, 0.2) is 59.5 Å². The predicted octanol–water partition coefficient (Wildman–Crippen LogP) is 3.60. The van der Waals surface area contributed by atoms with Crippen molar-refractivity contribution in [3.63, 3.8) is 0 Å². The lowest BCUT2D eigenvalue weighted by Crippen LogP contribution is -2.59. The average Bonchev–Trinajstić information content (AvgIpc) is 3.67. The molecule has 3 aromatic rings. The summed E-state index contributed by atoms with van der Waals surface area (Å²) in [5.41, 5.74) is -1.88. The number of benzene rings is 3. The molecule has 2 fully saturated rings. The van der Waals surface area contributed by atoms with Gasteiger partial charge in [0, 0.05) is 75.6 Å². The van der Waals surface area contributed by atoms with Crippen LogP contribution in [0.2, 0.25) is 5.02 Å². The van der Waals surface area contributed by atoms with E-state index in [9.17, 15) is 41.4 Å². The second-order valence-corrected chi connectivity index (χ2v) is 16.2. The van der Waals surface area contributed by atoms with Gasteiger partial charge in [-0.15, -0.1) is 13.2 Å². The Morgan fingerprint density at radius 2 is 1.67 bits per heavy atom. The fourth-order valence-corrected chi connectivity index (χ4v) is 9.50. The lowest BCUT2D eigenvalue weighted by molar-refractivity contribution is -0.275. The quantitative estimate of drug-likeness (QED) is 0.288. The highest BCUT2D eigenvalue weighted by Gasteiger charge is 2.64. The number of halogens is 4. The van der Waals surface area contributed by atoms with Crippen molar-refractivity contribution >= 4 is 45.2 Å². The van der Waals surface area contributed by atoms with Crippen LogP contribution in [0.4, 0.5) is 23.7 Å².